The van der Waals surface area contributed by atoms with Crippen molar-refractivity contribution in [2.75, 3.05) is 23.3 Å². The van der Waals surface area contributed by atoms with Gasteiger partial charge in [-0.25, -0.2) is 9.37 Å². The van der Waals surface area contributed by atoms with Crippen LogP contribution in [0, 0.1) is 12.7 Å². The topological polar surface area (TPSA) is 41.1 Å². The van der Waals surface area contributed by atoms with Crippen molar-refractivity contribution in [3.8, 4) is 0 Å². The largest absolute Gasteiger partial charge is 0.356 e. The predicted molar refractivity (Wildman–Crippen MR) is 87.1 cm³/mol. The molecule has 0 bridgehead atoms. The predicted octanol–water partition coefficient (Wildman–Crippen LogP) is 4.05. The molecule has 0 aliphatic carbocycles. The molecule has 1 fully saturated rings. The van der Waals surface area contributed by atoms with Crippen molar-refractivity contribution in [3.63, 3.8) is 0 Å². The smallest absolute Gasteiger partial charge is 0.229 e. The maximum atomic E-state index is 13.3. The molecule has 0 amide bonds. The standard InChI is InChI=1S/C17H21FN4/c1-13-11-16(22-9-4-2-3-5-10-22)21-17(19-13)20-15-8-6-7-14(18)12-15/h6-8,11-12H,2-5,9-10H2,1H3,(H,19,20,21). The minimum Gasteiger partial charge on any atom is -0.356 e. The second-order valence-corrected chi connectivity index (χ2v) is 5.73. The van der Waals surface area contributed by atoms with Crippen molar-refractivity contribution >= 4 is 17.5 Å². The fraction of sp³-hybridized carbons (Fsp3) is 0.412. The second kappa shape index (κ2) is 6.73. The summed E-state index contributed by atoms with van der Waals surface area (Å²) in [6.45, 7) is 4.03. The molecule has 1 aromatic heterocycles. The number of nitrogens with one attached hydrogen (secondary N) is 1. The molecule has 116 valence electrons. The van der Waals surface area contributed by atoms with Crippen molar-refractivity contribution in [3.05, 3.63) is 41.8 Å². The molecule has 22 heavy (non-hydrogen) atoms. The van der Waals surface area contributed by atoms with E-state index in [9.17, 15) is 4.39 Å². The molecule has 0 atom stereocenters. The molecule has 0 radical (unpaired) electrons. The van der Waals surface area contributed by atoms with E-state index in [0.717, 1.165) is 24.6 Å². The summed E-state index contributed by atoms with van der Waals surface area (Å²) in [5, 5.41) is 3.09. The number of hydrogen-bond acceptors (Lipinski definition) is 4. The zero-order chi connectivity index (χ0) is 15.4. The third-order valence-electron chi connectivity index (χ3n) is 3.85. The summed E-state index contributed by atoms with van der Waals surface area (Å²) >= 11 is 0. The highest BCUT2D eigenvalue weighted by molar-refractivity contribution is 5.55. The molecular weight excluding hydrogens is 279 g/mol. The first-order chi connectivity index (χ1) is 10.7. The molecule has 1 saturated heterocycles. The van der Waals surface area contributed by atoms with Gasteiger partial charge in [-0.15, -0.1) is 0 Å². The summed E-state index contributed by atoms with van der Waals surface area (Å²) in [4.78, 5) is 11.3. The van der Waals surface area contributed by atoms with Crippen LogP contribution in [0.3, 0.4) is 0 Å². The minimum atomic E-state index is -0.273. The fourth-order valence-electron chi connectivity index (χ4n) is 2.76. The van der Waals surface area contributed by atoms with Gasteiger partial charge in [0, 0.05) is 30.5 Å². The summed E-state index contributed by atoms with van der Waals surface area (Å²) in [5.41, 5.74) is 1.57. The zero-order valence-corrected chi connectivity index (χ0v) is 12.8. The van der Waals surface area contributed by atoms with Gasteiger partial charge in [0.2, 0.25) is 5.95 Å². The van der Waals surface area contributed by atoms with Crippen molar-refractivity contribution < 1.29 is 4.39 Å². The van der Waals surface area contributed by atoms with Crippen LogP contribution in [-0.2, 0) is 0 Å². The van der Waals surface area contributed by atoms with Gasteiger partial charge < -0.3 is 10.2 Å². The number of halogens is 1. The zero-order valence-electron chi connectivity index (χ0n) is 12.8. The minimum absolute atomic E-state index is 0.273. The summed E-state index contributed by atoms with van der Waals surface area (Å²) in [6.07, 6.45) is 4.98. The van der Waals surface area contributed by atoms with Gasteiger partial charge in [-0.2, -0.15) is 4.98 Å². The van der Waals surface area contributed by atoms with Crippen LogP contribution in [0.2, 0.25) is 0 Å². The van der Waals surface area contributed by atoms with E-state index in [1.165, 1.54) is 37.8 Å². The first kappa shape index (κ1) is 14.8. The Hall–Kier alpha value is -2.17. The van der Waals surface area contributed by atoms with Crippen LogP contribution in [0.4, 0.5) is 21.8 Å². The summed E-state index contributed by atoms with van der Waals surface area (Å²) < 4.78 is 13.3. The van der Waals surface area contributed by atoms with Crippen LogP contribution in [0.5, 0.6) is 0 Å². The Balaban J connectivity index is 1.82. The van der Waals surface area contributed by atoms with Gasteiger partial charge in [0.1, 0.15) is 11.6 Å². The van der Waals surface area contributed by atoms with E-state index in [-0.39, 0.29) is 5.82 Å². The summed E-state index contributed by atoms with van der Waals surface area (Å²) in [5.74, 6) is 1.20. The van der Waals surface area contributed by atoms with E-state index in [0.29, 0.717) is 11.6 Å². The van der Waals surface area contributed by atoms with Crippen molar-refractivity contribution in [1.82, 2.24) is 9.97 Å². The summed E-state index contributed by atoms with van der Waals surface area (Å²) in [7, 11) is 0. The highest BCUT2D eigenvalue weighted by Crippen LogP contribution is 2.21. The molecule has 0 unspecified atom stereocenters. The number of aromatic nitrogens is 2. The molecule has 1 N–H and O–H groups in total. The van der Waals surface area contributed by atoms with Gasteiger partial charge in [0.25, 0.3) is 0 Å². The first-order valence-electron chi connectivity index (χ1n) is 7.84. The average Bonchev–Trinajstić information content (AvgIpc) is 2.75. The lowest BCUT2D eigenvalue weighted by molar-refractivity contribution is 0.628. The third-order valence-corrected chi connectivity index (χ3v) is 3.85. The molecule has 5 heteroatoms. The Kier molecular flexibility index (Phi) is 4.51. The molecule has 1 aliphatic rings. The second-order valence-electron chi connectivity index (χ2n) is 5.73. The molecule has 2 aromatic rings. The molecular formula is C17H21FN4. The number of aryl methyl sites for hydroxylation is 1. The van der Waals surface area contributed by atoms with Gasteiger partial charge in [-0.1, -0.05) is 18.9 Å². The highest BCUT2D eigenvalue weighted by Gasteiger charge is 2.13. The van der Waals surface area contributed by atoms with Gasteiger partial charge in [0.05, 0.1) is 0 Å². The Morgan fingerprint density at radius 1 is 1.05 bits per heavy atom. The molecule has 0 saturated carbocycles. The van der Waals surface area contributed by atoms with Crippen LogP contribution in [-0.4, -0.2) is 23.1 Å². The van der Waals surface area contributed by atoms with Crippen molar-refractivity contribution in [2.45, 2.75) is 32.6 Å². The number of benzene rings is 1. The number of rotatable bonds is 3. The average molecular weight is 300 g/mol. The Morgan fingerprint density at radius 2 is 1.82 bits per heavy atom. The third kappa shape index (κ3) is 3.72. The number of hydrogen-bond donors (Lipinski definition) is 1. The molecule has 2 heterocycles. The Bertz CT molecular complexity index is 636. The molecule has 3 rings (SSSR count). The SMILES string of the molecule is Cc1cc(N2CCCCCC2)nc(Nc2cccc(F)c2)n1. The normalized spacial score (nSPS) is 15.5. The van der Waals surface area contributed by atoms with E-state index in [2.05, 4.69) is 20.2 Å². The maximum Gasteiger partial charge on any atom is 0.229 e. The van der Waals surface area contributed by atoms with Crippen LogP contribution in [0.15, 0.2) is 30.3 Å². The fourth-order valence-corrected chi connectivity index (χ4v) is 2.76. The van der Waals surface area contributed by atoms with Gasteiger partial charge in [-0.3, -0.25) is 0 Å². The molecule has 0 spiro atoms. The number of nitrogens with zero attached hydrogens (tertiary/aromatic N) is 3. The van der Waals surface area contributed by atoms with Crippen LogP contribution < -0.4 is 10.2 Å². The lowest BCUT2D eigenvalue weighted by atomic mass is 10.2. The maximum absolute atomic E-state index is 13.3. The molecule has 1 aromatic carbocycles. The van der Waals surface area contributed by atoms with Crippen LogP contribution >= 0.6 is 0 Å². The Labute approximate surface area is 130 Å². The Morgan fingerprint density at radius 3 is 2.55 bits per heavy atom. The van der Waals surface area contributed by atoms with Crippen LogP contribution in [0.25, 0.3) is 0 Å². The van der Waals surface area contributed by atoms with Crippen LogP contribution in [0.1, 0.15) is 31.4 Å². The number of anilines is 3. The van der Waals surface area contributed by atoms with Gasteiger partial charge in [-0.05, 0) is 38.0 Å². The van der Waals surface area contributed by atoms with E-state index < -0.39 is 0 Å². The van der Waals surface area contributed by atoms with Crippen molar-refractivity contribution in [2.24, 2.45) is 0 Å². The monoisotopic (exact) mass is 300 g/mol. The van der Waals surface area contributed by atoms with Gasteiger partial charge >= 0.3 is 0 Å². The van der Waals surface area contributed by atoms with E-state index in [4.69, 9.17) is 0 Å². The first-order valence-corrected chi connectivity index (χ1v) is 7.84. The van der Waals surface area contributed by atoms with Crippen molar-refractivity contribution in [1.29, 1.82) is 0 Å². The highest BCUT2D eigenvalue weighted by atomic mass is 19.1. The van der Waals surface area contributed by atoms with E-state index >= 15 is 0 Å². The van der Waals surface area contributed by atoms with Gasteiger partial charge in [0.15, 0.2) is 0 Å². The molecule has 1 aliphatic heterocycles. The van der Waals surface area contributed by atoms with E-state index in [1.807, 2.05) is 13.0 Å². The lowest BCUT2D eigenvalue weighted by Gasteiger charge is -2.22. The lowest BCUT2D eigenvalue weighted by Crippen LogP contribution is -2.25. The quantitative estimate of drug-likeness (QED) is 0.928. The summed E-state index contributed by atoms with van der Waals surface area (Å²) in [6, 6.07) is 8.36. The van der Waals surface area contributed by atoms with E-state index in [1.54, 1.807) is 12.1 Å². The molecule has 4 nitrogen and oxygen atoms in total.